The van der Waals surface area contributed by atoms with Crippen molar-refractivity contribution in [2.75, 3.05) is 23.7 Å². The van der Waals surface area contributed by atoms with Crippen molar-refractivity contribution >= 4 is 39.5 Å². The molecule has 0 aliphatic carbocycles. The van der Waals surface area contributed by atoms with E-state index in [1.165, 1.54) is 11.3 Å². The molecule has 0 aliphatic rings. The first-order valence-electron chi connectivity index (χ1n) is 6.46. The fourth-order valence-corrected chi connectivity index (χ4v) is 3.47. The minimum atomic E-state index is -0.162. The molecule has 0 unspecified atom stereocenters. The van der Waals surface area contributed by atoms with Gasteiger partial charge in [-0.1, -0.05) is 11.3 Å². The van der Waals surface area contributed by atoms with E-state index in [0.29, 0.717) is 17.2 Å². The number of thiazole rings is 1. The molecule has 0 atom stereocenters. The highest BCUT2D eigenvalue weighted by molar-refractivity contribution is 7.18. The molecule has 5 nitrogen and oxygen atoms in total. The Balaban J connectivity index is 2.06. The molecule has 3 N–H and O–H groups in total. The van der Waals surface area contributed by atoms with Crippen LogP contribution in [0.15, 0.2) is 16.8 Å². The van der Waals surface area contributed by atoms with Crippen LogP contribution in [0, 0.1) is 0 Å². The van der Waals surface area contributed by atoms with Crippen LogP contribution in [0.25, 0.3) is 0 Å². The molecule has 7 heteroatoms. The number of carbonyl (C=O) groups excluding carboxylic acids is 1. The van der Waals surface area contributed by atoms with Crippen molar-refractivity contribution in [3.8, 4) is 0 Å². The van der Waals surface area contributed by atoms with Crippen LogP contribution in [0.1, 0.15) is 29.1 Å². The van der Waals surface area contributed by atoms with Gasteiger partial charge in [0.2, 0.25) is 0 Å². The molecule has 0 radical (unpaired) electrons. The second-order valence-electron chi connectivity index (χ2n) is 4.20. The van der Waals surface area contributed by atoms with E-state index in [1.54, 1.807) is 11.3 Å². The third kappa shape index (κ3) is 3.29. The summed E-state index contributed by atoms with van der Waals surface area (Å²) in [7, 11) is 0. The number of aromatic nitrogens is 1. The van der Waals surface area contributed by atoms with Crippen LogP contribution in [-0.4, -0.2) is 24.0 Å². The Morgan fingerprint density at radius 2 is 2.20 bits per heavy atom. The summed E-state index contributed by atoms with van der Waals surface area (Å²) < 4.78 is 0. The number of anilines is 2. The molecule has 0 fully saturated rings. The van der Waals surface area contributed by atoms with E-state index in [1.807, 2.05) is 16.8 Å². The molecule has 2 rings (SSSR count). The zero-order valence-electron chi connectivity index (χ0n) is 11.5. The number of carbonyl (C=O) groups is 1. The van der Waals surface area contributed by atoms with Gasteiger partial charge in [-0.05, 0) is 36.2 Å². The Labute approximate surface area is 126 Å². The minimum absolute atomic E-state index is 0.162. The first-order chi connectivity index (χ1) is 9.65. The molecule has 0 spiro atoms. The summed E-state index contributed by atoms with van der Waals surface area (Å²) in [4.78, 5) is 19.0. The molecular formula is C13H18N4OS2. The van der Waals surface area contributed by atoms with E-state index in [-0.39, 0.29) is 5.91 Å². The van der Waals surface area contributed by atoms with Gasteiger partial charge in [0.05, 0.1) is 0 Å². The summed E-state index contributed by atoms with van der Waals surface area (Å²) in [6.07, 6.45) is 0. The predicted octanol–water partition coefficient (Wildman–Crippen LogP) is 2.56. The van der Waals surface area contributed by atoms with Crippen LogP contribution in [0.2, 0.25) is 0 Å². The highest BCUT2D eigenvalue weighted by Gasteiger charge is 2.18. The van der Waals surface area contributed by atoms with Crippen LogP contribution in [0.3, 0.4) is 0 Å². The van der Waals surface area contributed by atoms with Crippen molar-refractivity contribution < 1.29 is 4.79 Å². The molecule has 2 aromatic rings. The molecule has 0 aromatic carbocycles. The molecule has 0 aliphatic heterocycles. The number of rotatable bonds is 6. The maximum absolute atomic E-state index is 12.1. The number of hydrogen-bond acceptors (Lipinski definition) is 6. The molecule has 2 aromatic heterocycles. The fourth-order valence-electron chi connectivity index (χ4n) is 1.77. The summed E-state index contributed by atoms with van der Waals surface area (Å²) in [6, 6.07) is 1.99. The van der Waals surface area contributed by atoms with Gasteiger partial charge in [0.1, 0.15) is 10.7 Å². The van der Waals surface area contributed by atoms with E-state index in [0.717, 1.165) is 23.8 Å². The normalized spacial score (nSPS) is 10.5. The second-order valence-corrected chi connectivity index (χ2v) is 5.95. The number of amides is 1. The Morgan fingerprint density at radius 3 is 2.80 bits per heavy atom. The van der Waals surface area contributed by atoms with Crippen molar-refractivity contribution in [3.63, 3.8) is 0 Å². The molecule has 1 amide bonds. The monoisotopic (exact) mass is 310 g/mol. The van der Waals surface area contributed by atoms with Crippen molar-refractivity contribution in [3.05, 3.63) is 27.3 Å². The van der Waals surface area contributed by atoms with Crippen molar-refractivity contribution in [1.29, 1.82) is 0 Å². The van der Waals surface area contributed by atoms with Crippen molar-refractivity contribution in [1.82, 2.24) is 10.3 Å². The Kier molecular flexibility index (Phi) is 4.97. The summed E-state index contributed by atoms with van der Waals surface area (Å²) in [5.74, 6) is 0.143. The van der Waals surface area contributed by atoms with Crippen molar-refractivity contribution in [2.45, 2.75) is 20.4 Å². The van der Waals surface area contributed by atoms with E-state index in [9.17, 15) is 4.79 Å². The second kappa shape index (κ2) is 6.71. The predicted molar refractivity (Wildman–Crippen MR) is 85.6 cm³/mol. The maximum Gasteiger partial charge on any atom is 0.265 e. The minimum Gasteiger partial charge on any atom is -0.382 e. The van der Waals surface area contributed by atoms with Gasteiger partial charge < -0.3 is 16.0 Å². The molecule has 0 saturated carbocycles. The summed E-state index contributed by atoms with van der Waals surface area (Å²) in [6.45, 7) is 6.31. The lowest BCUT2D eigenvalue weighted by Crippen LogP contribution is -2.22. The smallest absolute Gasteiger partial charge is 0.265 e. The fraction of sp³-hybridized carbons (Fsp3) is 0.385. The molecular weight excluding hydrogens is 292 g/mol. The highest BCUT2D eigenvalue weighted by atomic mass is 32.1. The highest BCUT2D eigenvalue weighted by Crippen LogP contribution is 2.27. The maximum atomic E-state index is 12.1. The van der Waals surface area contributed by atoms with Gasteiger partial charge >= 0.3 is 0 Å². The SMILES string of the molecule is CCN(CC)c1nc(N)c(C(=O)NCc2ccsc2)s1. The van der Waals surface area contributed by atoms with Crippen LogP contribution in [-0.2, 0) is 6.54 Å². The van der Waals surface area contributed by atoms with Crippen molar-refractivity contribution in [2.24, 2.45) is 0 Å². The zero-order chi connectivity index (χ0) is 14.5. The molecule has 0 bridgehead atoms. The quantitative estimate of drug-likeness (QED) is 0.860. The molecule has 108 valence electrons. The molecule has 2 heterocycles. The van der Waals surface area contributed by atoms with E-state index < -0.39 is 0 Å². The summed E-state index contributed by atoms with van der Waals surface area (Å²) in [5, 5.41) is 7.67. The zero-order valence-corrected chi connectivity index (χ0v) is 13.2. The van der Waals surface area contributed by atoms with E-state index >= 15 is 0 Å². The number of thiophene rings is 1. The molecule has 20 heavy (non-hydrogen) atoms. The average molecular weight is 310 g/mol. The lowest BCUT2D eigenvalue weighted by molar-refractivity contribution is 0.0955. The van der Waals surface area contributed by atoms with Gasteiger partial charge in [0.25, 0.3) is 5.91 Å². The van der Waals surface area contributed by atoms with Crippen LogP contribution < -0.4 is 16.0 Å². The Bertz CT molecular complexity index is 561. The topological polar surface area (TPSA) is 71.2 Å². The standard InChI is InChI=1S/C13H18N4OS2/c1-3-17(4-2)13-16-11(14)10(20-13)12(18)15-7-9-5-6-19-8-9/h5-6,8H,3-4,7,14H2,1-2H3,(H,15,18). The Hall–Kier alpha value is -1.60. The molecule has 0 saturated heterocycles. The summed E-state index contributed by atoms with van der Waals surface area (Å²) in [5.41, 5.74) is 6.95. The first-order valence-corrected chi connectivity index (χ1v) is 8.22. The van der Waals surface area contributed by atoms with Crippen LogP contribution >= 0.6 is 22.7 Å². The lowest BCUT2D eigenvalue weighted by Gasteiger charge is -2.16. The first kappa shape index (κ1) is 14.8. The van der Waals surface area contributed by atoms with E-state index in [2.05, 4.69) is 29.0 Å². The largest absolute Gasteiger partial charge is 0.382 e. The van der Waals surface area contributed by atoms with Crippen LogP contribution in [0.5, 0.6) is 0 Å². The number of nitrogens with one attached hydrogen (secondary N) is 1. The van der Waals surface area contributed by atoms with Gasteiger partial charge in [-0.3, -0.25) is 4.79 Å². The van der Waals surface area contributed by atoms with Gasteiger partial charge in [-0.25, -0.2) is 4.98 Å². The van der Waals surface area contributed by atoms with Gasteiger partial charge in [0.15, 0.2) is 5.13 Å². The number of nitrogens with zero attached hydrogens (tertiary/aromatic N) is 2. The Morgan fingerprint density at radius 1 is 1.45 bits per heavy atom. The van der Waals surface area contributed by atoms with Crippen LogP contribution in [0.4, 0.5) is 10.9 Å². The number of nitrogen functional groups attached to an aromatic ring is 1. The van der Waals surface area contributed by atoms with Gasteiger partial charge in [0, 0.05) is 19.6 Å². The number of hydrogen-bond donors (Lipinski definition) is 2. The van der Waals surface area contributed by atoms with E-state index in [4.69, 9.17) is 5.73 Å². The third-order valence-corrected chi connectivity index (χ3v) is 4.78. The van der Waals surface area contributed by atoms with Gasteiger partial charge in [-0.15, -0.1) is 0 Å². The van der Waals surface area contributed by atoms with Gasteiger partial charge in [-0.2, -0.15) is 11.3 Å². The third-order valence-electron chi connectivity index (χ3n) is 2.92. The number of nitrogens with two attached hydrogens (primary N) is 1. The summed E-state index contributed by atoms with van der Waals surface area (Å²) >= 11 is 2.95. The lowest BCUT2D eigenvalue weighted by atomic mass is 10.3. The average Bonchev–Trinajstić information content (AvgIpc) is 3.07.